The molecule has 0 bridgehead atoms. The lowest BCUT2D eigenvalue weighted by Crippen LogP contribution is -2.64. The minimum atomic E-state index is -4.42. The number of benzene rings is 2. The van der Waals surface area contributed by atoms with Crippen molar-refractivity contribution in [1.82, 2.24) is 19.7 Å². The van der Waals surface area contributed by atoms with Crippen LogP contribution < -0.4 is 5.32 Å². The summed E-state index contributed by atoms with van der Waals surface area (Å²) in [4.78, 5) is 12.8. The molecule has 1 saturated heterocycles. The summed E-state index contributed by atoms with van der Waals surface area (Å²) in [5.74, 6) is -0.344. The normalized spacial score (nSPS) is 15.8. The van der Waals surface area contributed by atoms with Crippen molar-refractivity contribution in [2.45, 2.75) is 11.7 Å². The third kappa shape index (κ3) is 3.23. The van der Waals surface area contributed by atoms with E-state index in [0.29, 0.717) is 22.4 Å². The molecule has 1 aliphatic rings. The van der Waals surface area contributed by atoms with Crippen molar-refractivity contribution in [2.24, 2.45) is 7.05 Å². The Kier molecular flexibility index (Phi) is 4.54. The molecule has 4 aromatic rings. The third-order valence-corrected chi connectivity index (χ3v) is 5.70. The average molecular weight is 444 g/mol. The van der Waals surface area contributed by atoms with Crippen molar-refractivity contribution < 1.29 is 27.8 Å². The number of hydrogen-bond acceptors (Lipinski definition) is 4. The number of aliphatic hydroxyl groups excluding tert-OH is 1. The summed E-state index contributed by atoms with van der Waals surface area (Å²) in [5, 5.41) is 18.4. The van der Waals surface area contributed by atoms with Crippen molar-refractivity contribution in [3.63, 3.8) is 0 Å². The topological polar surface area (TPSA) is 81.3 Å². The molecule has 2 aromatic carbocycles. The van der Waals surface area contributed by atoms with Crippen LogP contribution in [0.3, 0.4) is 0 Å². The Labute approximate surface area is 180 Å². The van der Waals surface area contributed by atoms with E-state index < -0.39 is 17.3 Å². The largest absolute Gasteiger partial charge is 0.416 e. The van der Waals surface area contributed by atoms with E-state index >= 15 is 0 Å². The molecule has 0 aliphatic carbocycles. The third-order valence-electron chi connectivity index (χ3n) is 5.70. The fraction of sp³-hybridized carbons (Fsp3) is 0.273. The van der Waals surface area contributed by atoms with Gasteiger partial charge in [-0.3, -0.25) is 14.0 Å². The smallest absolute Gasteiger partial charge is 0.394 e. The van der Waals surface area contributed by atoms with Gasteiger partial charge in [0, 0.05) is 35.3 Å². The highest BCUT2D eigenvalue weighted by atomic mass is 19.4. The van der Waals surface area contributed by atoms with Crippen molar-refractivity contribution >= 4 is 27.8 Å². The molecule has 5 rings (SSSR count). The van der Waals surface area contributed by atoms with Crippen LogP contribution in [0.2, 0.25) is 0 Å². The van der Waals surface area contributed by atoms with Crippen LogP contribution in [0.1, 0.15) is 15.9 Å². The van der Waals surface area contributed by atoms with Gasteiger partial charge in [-0.25, -0.2) is 0 Å². The first-order chi connectivity index (χ1) is 15.2. The maximum atomic E-state index is 13.0. The van der Waals surface area contributed by atoms with Crippen molar-refractivity contribution in [1.29, 1.82) is 0 Å². The summed E-state index contributed by atoms with van der Waals surface area (Å²) in [6, 6.07) is 9.98. The minimum absolute atomic E-state index is 0.224. The predicted octanol–water partition coefficient (Wildman–Crippen LogP) is 3.03. The number of aryl methyl sites for hydroxylation is 1. The molecule has 0 saturated carbocycles. The first-order valence-corrected chi connectivity index (χ1v) is 9.87. The van der Waals surface area contributed by atoms with E-state index in [2.05, 4.69) is 10.4 Å². The quantitative estimate of drug-likeness (QED) is 0.507. The summed E-state index contributed by atoms with van der Waals surface area (Å²) < 4.78 is 47.4. The standard InChI is InChI=1S/C22H19F3N4O3/c1-28-9-17-16-8-13(20(31)26-21(10-30)11-32-12-21)2-7-18(16)29(19(17)27-28)15-5-3-14(4-6-15)22(23,24)25/h2-9,30H,10-12H2,1H3,(H,26,31). The molecule has 2 aromatic heterocycles. The Morgan fingerprint density at radius 2 is 1.91 bits per heavy atom. The van der Waals surface area contributed by atoms with Crippen LogP contribution in [0.15, 0.2) is 48.7 Å². The molecule has 2 N–H and O–H groups in total. The maximum Gasteiger partial charge on any atom is 0.416 e. The zero-order valence-electron chi connectivity index (χ0n) is 17.0. The van der Waals surface area contributed by atoms with Crippen LogP contribution in [0.5, 0.6) is 0 Å². The van der Waals surface area contributed by atoms with E-state index in [9.17, 15) is 23.1 Å². The van der Waals surface area contributed by atoms with E-state index in [-0.39, 0.29) is 25.7 Å². The molecule has 0 spiro atoms. The summed E-state index contributed by atoms with van der Waals surface area (Å²) in [6.07, 6.45) is -2.62. The molecule has 3 heterocycles. The van der Waals surface area contributed by atoms with Crippen LogP contribution in [-0.4, -0.2) is 50.7 Å². The van der Waals surface area contributed by atoms with Crippen LogP contribution >= 0.6 is 0 Å². The second-order valence-electron chi connectivity index (χ2n) is 8.04. The Hall–Kier alpha value is -3.37. The molecule has 1 aliphatic heterocycles. The van der Waals surface area contributed by atoms with Crippen LogP contribution in [0, 0.1) is 0 Å². The number of carbonyl (C=O) groups is 1. The van der Waals surface area contributed by atoms with E-state index in [1.54, 1.807) is 40.7 Å². The molecule has 1 amide bonds. The summed E-state index contributed by atoms with van der Waals surface area (Å²) in [5.41, 5.74) is 0.697. The van der Waals surface area contributed by atoms with Gasteiger partial charge in [0.2, 0.25) is 0 Å². The number of halogens is 3. The van der Waals surface area contributed by atoms with Gasteiger partial charge in [-0.1, -0.05) is 0 Å². The number of nitrogens with zero attached hydrogens (tertiary/aromatic N) is 3. The van der Waals surface area contributed by atoms with Gasteiger partial charge in [0.15, 0.2) is 5.65 Å². The molecule has 32 heavy (non-hydrogen) atoms. The van der Waals surface area contributed by atoms with Gasteiger partial charge >= 0.3 is 6.18 Å². The number of amides is 1. The average Bonchev–Trinajstić information content (AvgIpc) is 3.24. The molecule has 7 nitrogen and oxygen atoms in total. The molecular weight excluding hydrogens is 425 g/mol. The van der Waals surface area contributed by atoms with Gasteiger partial charge in [-0.15, -0.1) is 0 Å². The summed E-state index contributed by atoms with van der Waals surface area (Å²) in [6.45, 7) is 0.265. The highest BCUT2D eigenvalue weighted by molar-refractivity contribution is 6.10. The lowest BCUT2D eigenvalue weighted by atomic mass is 9.98. The number of nitrogens with one attached hydrogen (secondary N) is 1. The first-order valence-electron chi connectivity index (χ1n) is 9.87. The Morgan fingerprint density at radius 3 is 2.50 bits per heavy atom. The van der Waals surface area contributed by atoms with Crippen molar-refractivity contribution in [2.75, 3.05) is 19.8 Å². The summed E-state index contributed by atoms with van der Waals surface area (Å²) >= 11 is 0. The highest BCUT2D eigenvalue weighted by Gasteiger charge is 2.39. The Morgan fingerprint density at radius 1 is 1.19 bits per heavy atom. The van der Waals surface area contributed by atoms with E-state index in [4.69, 9.17) is 4.74 Å². The number of aromatic nitrogens is 3. The van der Waals surface area contributed by atoms with E-state index in [1.807, 2.05) is 0 Å². The Bertz CT molecular complexity index is 1330. The fourth-order valence-electron chi connectivity index (χ4n) is 3.96. The van der Waals surface area contributed by atoms with Gasteiger partial charge < -0.3 is 15.2 Å². The van der Waals surface area contributed by atoms with Gasteiger partial charge in [0.25, 0.3) is 5.91 Å². The summed E-state index contributed by atoms with van der Waals surface area (Å²) in [7, 11) is 1.75. The van der Waals surface area contributed by atoms with Crippen LogP contribution in [0.25, 0.3) is 27.6 Å². The van der Waals surface area contributed by atoms with Crippen molar-refractivity contribution in [3.05, 3.63) is 59.8 Å². The second-order valence-corrected chi connectivity index (χ2v) is 8.04. The zero-order chi connectivity index (χ0) is 22.7. The number of aliphatic hydroxyl groups is 1. The molecular formula is C22H19F3N4O3. The van der Waals surface area contributed by atoms with Crippen molar-refractivity contribution in [3.8, 4) is 5.69 Å². The van der Waals surface area contributed by atoms with Gasteiger partial charge in [0.05, 0.1) is 30.9 Å². The Balaban J connectivity index is 1.60. The minimum Gasteiger partial charge on any atom is -0.394 e. The maximum absolute atomic E-state index is 13.0. The van der Waals surface area contributed by atoms with Crippen LogP contribution in [-0.2, 0) is 18.0 Å². The van der Waals surface area contributed by atoms with E-state index in [0.717, 1.165) is 22.9 Å². The number of ether oxygens (including phenoxy) is 1. The predicted molar refractivity (Wildman–Crippen MR) is 111 cm³/mol. The van der Waals surface area contributed by atoms with Gasteiger partial charge in [0.1, 0.15) is 5.54 Å². The molecule has 0 atom stereocenters. The van der Waals surface area contributed by atoms with Gasteiger partial charge in [-0.05, 0) is 42.5 Å². The second kappa shape index (κ2) is 7.07. The number of carbonyl (C=O) groups excluding carboxylic acids is 1. The number of fused-ring (bicyclic) bond motifs is 3. The number of rotatable bonds is 4. The monoisotopic (exact) mass is 444 g/mol. The zero-order valence-corrected chi connectivity index (χ0v) is 17.0. The molecule has 0 unspecified atom stereocenters. The van der Waals surface area contributed by atoms with Gasteiger partial charge in [-0.2, -0.15) is 18.3 Å². The fourth-order valence-corrected chi connectivity index (χ4v) is 3.96. The van der Waals surface area contributed by atoms with Crippen LogP contribution in [0.4, 0.5) is 13.2 Å². The molecule has 10 heteroatoms. The SMILES string of the molecule is Cn1cc2c3cc(C(=O)NC4(CO)COC4)ccc3n(-c3ccc(C(F)(F)F)cc3)c2n1. The lowest BCUT2D eigenvalue weighted by molar-refractivity contribution is -0.137. The first kappa shape index (κ1) is 20.5. The number of alkyl halides is 3. The molecule has 1 fully saturated rings. The number of hydrogen-bond donors (Lipinski definition) is 2. The van der Waals surface area contributed by atoms with E-state index in [1.165, 1.54) is 12.1 Å². The molecule has 0 radical (unpaired) electrons. The molecule has 166 valence electrons. The lowest BCUT2D eigenvalue weighted by Gasteiger charge is -2.40. The highest BCUT2D eigenvalue weighted by Crippen LogP contribution is 2.34.